The average Bonchev–Trinajstić information content (AvgIpc) is 2.37. The van der Waals surface area contributed by atoms with Crippen molar-refractivity contribution in [1.82, 2.24) is 9.91 Å². The SMILES string of the molecule is COCCCN1CN(C)C=N1. The smallest absolute Gasteiger partial charge is 0.112 e. The summed E-state index contributed by atoms with van der Waals surface area (Å²) in [6.45, 7) is 2.70. The van der Waals surface area contributed by atoms with Crippen molar-refractivity contribution in [2.24, 2.45) is 5.10 Å². The van der Waals surface area contributed by atoms with Crippen LogP contribution in [-0.4, -0.2) is 50.2 Å². The van der Waals surface area contributed by atoms with Gasteiger partial charge in [0.1, 0.15) is 13.0 Å². The Morgan fingerprint density at radius 1 is 1.64 bits per heavy atom. The van der Waals surface area contributed by atoms with E-state index in [2.05, 4.69) is 5.10 Å². The summed E-state index contributed by atoms with van der Waals surface area (Å²) >= 11 is 0. The molecule has 1 aliphatic rings. The van der Waals surface area contributed by atoms with Crippen LogP contribution >= 0.6 is 0 Å². The Bertz CT molecular complexity index is 138. The minimum absolute atomic E-state index is 0.815. The Morgan fingerprint density at radius 2 is 2.45 bits per heavy atom. The summed E-state index contributed by atoms with van der Waals surface area (Å²) in [6.07, 6.45) is 2.88. The molecule has 0 bridgehead atoms. The summed E-state index contributed by atoms with van der Waals surface area (Å²) in [4.78, 5) is 2.05. The predicted molar refractivity (Wildman–Crippen MR) is 44.3 cm³/mol. The minimum atomic E-state index is 0.815. The van der Waals surface area contributed by atoms with Gasteiger partial charge in [-0.1, -0.05) is 0 Å². The molecule has 4 nitrogen and oxygen atoms in total. The number of nitrogens with zero attached hydrogens (tertiary/aromatic N) is 3. The molecule has 11 heavy (non-hydrogen) atoms. The van der Waals surface area contributed by atoms with E-state index in [4.69, 9.17) is 4.74 Å². The maximum Gasteiger partial charge on any atom is 0.112 e. The van der Waals surface area contributed by atoms with Crippen molar-refractivity contribution in [1.29, 1.82) is 0 Å². The Labute approximate surface area is 67.4 Å². The quantitative estimate of drug-likeness (QED) is 0.545. The van der Waals surface area contributed by atoms with Crippen molar-refractivity contribution in [2.45, 2.75) is 6.42 Å². The van der Waals surface area contributed by atoms with E-state index in [-0.39, 0.29) is 0 Å². The highest BCUT2D eigenvalue weighted by atomic mass is 16.5. The Morgan fingerprint density at radius 3 is 3.00 bits per heavy atom. The van der Waals surface area contributed by atoms with Gasteiger partial charge in [-0.15, -0.1) is 0 Å². The van der Waals surface area contributed by atoms with Gasteiger partial charge in [-0.2, -0.15) is 5.10 Å². The molecule has 0 atom stereocenters. The van der Waals surface area contributed by atoms with Gasteiger partial charge >= 0.3 is 0 Å². The van der Waals surface area contributed by atoms with E-state index >= 15 is 0 Å². The molecule has 1 rings (SSSR count). The lowest BCUT2D eigenvalue weighted by Crippen LogP contribution is -2.24. The van der Waals surface area contributed by atoms with Crippen molar-refractivity contribution in [2.75, 3.05) is 34.0 Å². The molecule has 0 aromatic carbocycles. The molecule has 0 aromatic heterocycles. The molecule has 0 aromatic rings. The standard InChI is InChI=1S/C7H15N3O/c1-9-6-8-10(7-9)4-3-5-11-2/h6H,3-5,7H2,1-2H3. The monoisotopic (exact) mass is 157 g/mol. The zero-order chi connectivity index (χ0) is 8.10. The zero-order valence-corrected chi connectivity index (χ0v) is 7.16. The van der Waals surface area contributed by atoms with Crippen LogP contribution in [0.2, 0.25) is 0 Å². The highest BCUT2D eigenvalue weighted by Crippen LogP contribution is 1.99. The van der Waals surface area contributed by atoms with Gasteiger partial charge in [-0.3, -0.25) is 5.01 Å². The number of hydrogen-bond donors (Lipinski definition) is 0. The van der Waals surface area contributed by atoms with Crippen molar-refractivity contribution < 1.29 is 4.74 Å². The minimum Gasteiger partial charge on any atom is -0.385 e. The molecule has 0 saturated carbocycles. The maximum atomic E-state index is 4.94. The largest absolute Gasteiger partial charge is 0.385 e. The van der Waals surface area contributed by atoms with Crippen LogP contribution < -0.4 is 0 Å². The lowest BCUT2D eigenvalue weighted by molar-refractivity contribution is 0.168. The molecule has 0 N–H and O–H groups in total. The highest BCUT2D eigenvalue weighted by Gasteiger charge is 2.07. The molecule has 0 radical (unpaired) electrons. The summed E-state index contributed by atoms with van der Waals surface area (Å²) < 4.78 is 4.94. The van der Waals surface area contributed by atoms with Crippen molar-refractivity contribution in [3.63, 3.8) is 0 Å². The van der Waals surface area contributed by atoms with E-state index in [1.807, 2.05) is 23.3 Å². The summed E-state index contributed by atoms with van der Waals surface area (Å²) in [5, 5.41) is 6.19. The molecule has 0 spiro atoms. The van der Waals surface area contributed by atoms with Crippen LogP contribution in [0.15, 0.2) is 5.10 Å². The van der Waals surface area contributed by atoms with Gasteiger partial charge in [0.2, 0.25) is 0 Å². The normalized spacial score (nSPS) is 16.5. The van der Waals surface area contributed by atoms with Gasteiger partial charge in [0.25, 0.3) is 0 Å². The summed E-state index contributed by atoms with van der Waals surface area (Å²) in [7, 11) is 3.74. The van der Waals surface area contributed by atoms with Crippen LogP contribution in [0.3, 0.4) is 0 Å². The topological polar surface area (TPSA) is 28.1 Å². The van der Waals surface area contributed by atoms with E-state index in [1.165, 1.54) is 0 Å². The molecule has 0 amide bonds. The Hall–Kier alpha value is -0.770. The summed E-state index contributed by atoms with van der Waals surface area (Å²) in [5.74, 6) is 0. The van der Waals surface area contributed by atoms with Crippen LogP contribution in [0.1, 0.15) is 6.42 Å². The first kappa shape index (κ1) is 8.33. The van der Waals surface area contributed by atoms with Crippen LogP contribution in [0.5, 0.6) is 0 Å². The fraction of sp³-hybridized carbons (Fsp3) is 0.857. The van der Waals surface area contributed by atoms with Crippen LogP contribution in [0, 0.1) is 0 Å². The second-order valence-electron chi connectivity index (χ2n) is 2.71. The van der Waals surface area contributed by atoms with Crippen LogP contribution in [-0.2, 0) is 4.74 Å². The molecular weight excluding hydrogens is 142 g/mol. The molecule has 64 valence electrons. The number of hydrogen-bond acceptors (Lipinski definition) is 4. The molecule has 0 unspecified atom stereocenters. The third kappa shape index (κ3) is 2.76. The van der Waals surface area contributed by atoms with Gasteiger partial charge in [0.15, 0.2) is 0 Å². The first-order valence-electron chi connectivity index (χ1n) is 3.81. The van der Waals surface area contributed by atoms with Gasteiger partial charge < -0.3 is 9.64 Å². The Kier molecular flexibility index (Phi) is 3.16. The van der Waals surface area contributed by atoms with Crippen LogP contribution in [0.25, 0.3) is 0 Å². The fourth-order valence-corrected chi connectivity index (χ4v) is 1.01. The summed E-state index contributed by atoms with van der Waals surface area (Å²) in [6, 6.07) is 0. The molecule has 0 fully saturated rings. The lowest BCUT2D eigenvalue weighted by atomic mass is 10.4. The van der Waals surface area contributed by atoms with Gasteiger partial charge in [-0.25, -0.2) is 0 Å². The first-order valence-corrected chi connectivity index (χ1v) is 3.81. The summed E-state index contributed by atoms with van der Waals surface area (Å²) in [5.41, 5.74) is 0. The van der Waals surface area contributed by atoms with Gasteiger partial charge in [0.05, 0.1) is 0 Å². The third-order valence-electron chi connectivity index (χ3n) is 1.56. The average molecular weight is 157 g/mol. The highest BCUT2D eigenvalue weighted by molar-refractivity contribution is 5.55. The molecule has 0 saturated heterocycles. The number of ether oxygens (including phenoxy) is 1. The van der Waals surface area contributed by atoms with Crippen molar-refractivity contribution in [3.8, 4) is 0 Å². The number of hydrazone groups is 1. The second-order valence-corrected chi connectivity index (χ2v) is 2.71. The van der Waals surface area contributed by atoms with Gasteiger partial charge in [0, 0.05) is 27.3 Å². The van der Waals surface area contributed by atoms with Crippen molar-refractivity contribution >= 4 is 6.34 Å². The number of rotatable bonds is 4. The predicted octanol–water partition coefficient (Wildman–Crippen LogP) is 0.171. The molecule has 1 heterocycles. The van der Waals surface area contributed by atoms with Gasteiger partial charge in [-0.05, 0) is 6.42 Å². The maximum absolute atomic E-state index is 4.94. The lowest BCUT2D eigenvalue weighted by Gasteiger charge is -2.14. The molecule has 4 heteroatoms. The molecule has 0 aliphatic carbocycles. The first-order chi connectivity index (χ1) is 5.33. The zero-order valence-electron chi connectivity index (χ0n) is 7.16. The number of methoxy groups -OCH3 is 1. The molecule has 1 aliphatic heterocycles. The van der Waals surface area contributed by atoms with E-state index in [0.29, 0.717) is 0 Å². The van der Waals surface area contributed by atoms with E-state index in [0.717, 1.165) is 26.2 Å². The van der Waals surface area contributed by atoms with E-state index in [9.17, 15) is 0 Å². The van der Waals surface area contributed by atoms with Crippen LogP contribution in [0.4, 0.5) is 0 Å². The Balaban J connectivity index is 2.05. The van der Waals surface area contributed by atoms with E-state index in [1.54, 1.807) is 7.11 Å². The molecular formula is C7H15N3O. The van der Waals surface area contributed by atoms with E-state index < -0.39 is 0 Å². The fourth-order valence-electron chi connectivity index (χ4n) is 1.01. The second kappa shape index (κ2) is 4.18. The third-order valence-corrected chi connectivity index (χ3v) is 1.56. The van der Waals surface area contributed by atoms with Crippen molar-refractivity contribution in [3.05, 3.63) is 0 Å².